The SMILES string of the molecule is CN(C)/C=C1/CCCCN2C(=O)/C(=C/c3ccc(F)cc3)N=C12. The number of amides is 1. The van der Waals surface area contributed by atoms with Gasteiger partial charge < -0.3 is 4.90 Å². The second-order valence-electron chi connectivity index (χ2n) is 6.05. The smallest absolute Gasteiger partial charge is 0.278 e. The molecule has 2 aliphatic rings. The van der Waals surface area contributed by atoms with Crippen molar-refractivity contribution in [2.45, 2.75) is 19.3 Å². The molecular formula is C18H20FN3O. The van der Waals surface area contributed by atoms with E-state index >= 15 is 0 Å². The third kappa shape index (κ3) is 3.33. The lowest BCUT2D eigenvalue weighted by atomic mass is 10.1. The normalized spacial score (nSPS) is 21.4. The van der Waals surface area contributed by atoms with Gasteiger partial charge in [0.05, 0.1) is 0 Å². The van der Waals surface area contributed by atoms with Crippen molar-refractivity contribution in [1.29, 1.82) is 0 Å². The Morgan fingerprint density at radius 2 is 1.96 bits per heavy atom. The van der Waals surface area contributed by atoms with Crippen LogP contribution in [-0.2, 0) is 4.79 Å². The van der Waals surface area contributed by atoms with Crippen LogP contribution in [0, 0.1) is 5.82 Å². The van der Waals surface area contributed by atoms with Crippen LogP contribution in [0.2, 0.25) is 0 Å². The first-order chi connectivity index (χ1) is 11.0. The summed E-state index contributed by atoms with van der Waals surface area (Å²) in [6.45, 7) is 0.698. The van der Waals surface area contributed by atoms with Gasteiger partial charge in [-0.3, -0.25) is 9.69 Å². The fourth-order valence-corrected chi connectivity index (χ4v) is 2.85. The van der Waals surface area contributed by atoms with Crippen LogP contribution in [0.4, 0.5) is 4.39 Å². The van der Waals surface area contributed by atoms with Gasteiger partial charge in [0, 0.05) is 32.4 Å². The molecule has 0 saturated carbocycles. The number of rotatable bonds is 2. The van der Waals surface area contributed by atoms with E-state index in [4.69, 9.17) is 0 Å². The van der Waals surface area contributed by atoms with E-state index in [9.17, 15) is 9.18 Å². The summed E-state index contributed by atoms with van der Waals surface area (Å²) >= 11 is 0. The highest BCUT2D eigenvalue weighted by molar-refractivity contribution is 6.19. The molecule has 1 aromatic rings. The van der Waals surface area contributed by atoms with Gasteiger partial charge in [0.15, 0.2) is 0 Å². The summed E-state index contributed by atoms with van der Waals surface area (Å²) < 4.78 is 13.0. The van der Waals surface area contributed by atoms with Crippen molar-refractivity contribution in [3.8, 4) is 0 Å². The van der Waals surface area contributed by atoms with E-state index in [1.165, 1.54) is 12.1 Å². The lowest BCUT2D eigenvalue weighted by Gasteiger charge is -2.17. The van der Waals surface area contributed by atoms with Crippen molar-refractivity contribution in [2.24, 2.45) is 4.99 Å². The molecule has 0 aliphatic carbocycles. The highest BCUT2D eigenvalue weighted by atomic mass is 19.1. The van der Waals surface area contributed by atoms with Crippen molar-refractivity contribution in [3.05, 3.63) is 53.1 Å². The van der Waals surface area contributed by atoms with E-state index in [2.05, 4.69) is 4.99 Å². The third-order valence-electron chi connectivity index (χ3n) is 3.90. The monoisotopic (exact) mass is 313 g/mol. The number of nitrogens with zero attached hydrogens (tertiary/aromatic N) is 3. The van der Waals surface area contributed by atoms with E-state index in [0.29, 0.717) is 12.2 Å². The molecule has 0 aromatic heterocycles. The summed E-state index contributed by atoms with van der Waals surface area (Å²) in [5, 5.41) is 0. The fraction of sp³-hybridized carbons (Fsp3) is 0.333. The highest BCUT2D eigenvalue weighted by Gasteiger charge is 2.33. The molecule has 1 saturated heterocycles. The first kappa shape index (κ1) is 15.5. The maximum atomic E-state index is 13.0. The molecule has 120 valence electrons. The predicted molar refractivity (Wildman–Crippen MR) is 89.1 cm³/mol. The first-order valence-corrected chi connectivity index (χ1v) is 7.80. The summed E-state index contributed by atoms with van der Waals surface area (Å²) in [7, 11) is 3.93. The zero-order valence-electron chi connectivity index (χ0n) is 13.4. The van der Waals surface area contributed by atoms with Gasteiger partial charge in [0.25, 0.3) is 5.91 Å². The van der Waals surface area contributed by atoms with Gasteiger partial charge in [-0.15, -0.1) is 0 Å². The van der Waals surface area contributed by atoms with E-state index in [-0.39, 0.29) is 11.7 Å². The summed E-state index contributed by atoms with van der Waals surface area (Å²) in [5.41, 5.74) is 2.27. The minimum Gasteiger partial charge on any atom is -0.383 e. The standard InChI is InChI=1S/C18H20FN3O/c1-21(2)12-14-5-3-4-10-22-17(14)20-16(18(22)23)11-13-6-8-15(19)9-7-13/h6-9,11-12H,3-5,10H2,1-2H3/b14-12-,16-11-. The Balaban J connectivity index is 1.98. The number of carbonyl (C=O) groups is 1. The number of fused-ring (bicyclic) bond motifs is 1. The molecule has 3 rings (SSSR count). The van der Waals surface area contributed by atoms with Crippen LogP contribution in [-0.4, -0.2) is 42.2 Å². The van der Waals surface area contributed by atoms with E-state index in [0.717, 1.165) is 36.2 Å². The zero-order chi connectivity index (χ0) is 16.4. The molecule has 0 radical (unpaired) electrons. The molecule has 2 aliphatic heterocycles. The van der Waals surface area contributed by atoms with Crippen LogP contribution in [0.15, 0.2) is 46.7 Å². The number of halogens is 1. The average Bonchev–Trinajstić information content (AvgIpc) is 2.68. The van der Waals surface area contributed by atoms with Crippen LogP contribution in [0.25, 0.3) is 6.08 Å². The Labute approximate surface area is 135 Å². The maximum absolute atomic E-state index is 13.0. The molecule has 0 bridgehead atoms. The summed E-state index contributed by atoms with van der Waals surface area (Å²) in [6.07, 6.45) is 6.70. The number of amidine groups is 1. The largest absolute Gasteiger partial charge is 0.383 e. The minimum atomic E-state index is -0.290. The van der Waals surface area contributed by atoms with Gasteiger partial charge in [-0.1, -0.05) is 12.1 Å². The van der Waals surface area contributed by atoms with Crippen molar-refractivity contribution in [3.63, 3.8) is 0 Å². The lowest BCUT2D eigenvalue weighted by molar-refractivity contribution is -0.122. The van der Waals surface area contributed by atoms with Gasteiger partial charge in [0.2, 0.25) is 0 Å². The Bertz CT molecular complexity index is 701. The van der Waals surface area contributed by atoms with Gasteiger partial charge in [-0.25, -0.2) is 9.38 Å². The molecule has 0 atom stereocenters. The van der Waals surface area contributed by atoms with Crippen LogP contribution in [0.1, 0.15) is 24.8 Å². The Kier molecular flexibility index (Phi) is 4.28. The first-order valence-electron chi connectivity index (χ1n) is 7.80. The third-order valence-corrected chi connectivity index (χ3v) is 3.90. The van der Waals surface area contributed by atoms with Gasteiger partial charge in [0.1, 0.15) is 17.3 Å². The molecular weight excluding hydrogens is 293 g/mol. The van der Waals surface area contributed by atoms with Gasteiger partial charge in [-0.2, -0.15) is 0 Å². The van der Waals surface area contributed by atoms with Gasteiger partial charge >= 0.3 is 0 Å². The van der Waals surface area contributed by atoms with Crippen LogP contribution in [0.5, 0.6) is 0 Å². The molecule has 23 heavy (non-hydrogen) atoms. The van der Waals surface area contributed by atoms with Crippen molar-refractivity contribution < 1.29 is 9.18 Å². The molecule has 2 heterocycles. The molecule has 1 fully saturated rings. The van der Waals surface area contributed by atoms with Crippen LogP contribution < -0.4 is 0 Å². The predicted octanol–water partition coefficient (Wildman–Crippen LogP) is 3.04. The number of hydrogen-bond donors (Lipinski definition) is 0. The summed E-state index contributed by atoms with van der Waals surface area (Å²) in [6, 6.07) is 6.06. The maximum Gasteiger partial charge on any atom is 0.278 e. The second-order valence-corrected chi connectivity index (χ2v) is 6.05. The summed E-state index contributed by atoms with van der Waals surface area (Å²) in [4.78, 5) is 20.9. The van der Waals surface area contributed by atoms with Crippen LogP contribution >= 0.6 is 0 Å². The zero-order valence-corrected chi connectivity index (χ0v) is 13.4. The molecule has 0 N–H and O–H groups in total. The number of benzene rings is 1. The summed E-state index contributed by atoms with van der Waals surface area (Å²) in [5.74, 6) is 0.395. The Morgan fingerprint density at radius 1 is 1.22 bits per heavy atom. The van der Waals surface area contributed by atoms with Gasteiger partial charge in [-0.05, 0) is 43.0 Å². The number of aliphatic imine (C=N–C) groups is 1. The Hall–Kier alpha value is -2.43. The van der Waals surface area contributed by atoms with E-state index < -0.39 is 0 Å². The quantitative estimate of drug-likeness (QED) is 0.787. The lowest BCUT2D eigenvalue weighted by Crippen LogP contribution is -2.32. The molecule has 1 amide bonds. The molecule has 1 aromatic carbocycles. The molecule has 5 heteroatoms. The molecule has 0 unspecified atom stereocenters. The van der Waals surface area contributed by atoms with E-state index in [1.807, 2.05) is 25.2 Å². The number of hydrogen-bond acceptors (Lipinski definition) is 3. The fourth-order valence-electron chi connectivity index (χ4n) is 2.85. The molecule has 0 spiro atoms. The van der Waals surface area contributed by atoms with E-state index in [1.54, 1.807) is 23.1 Å². The minimum absolute atomic E-state index is 0.0733. The van der Waals surface area contributed by atoms with Crippen molar-refractivity contribution in [1.82, 2.24) is 9.80 Å². The number of carbonyl (C=O) groups excluding carboxylic acids is 1. The average molecular weight is 313 g/mol. The van der Waals surface area contributed by atoms with Crippen molar-refractivity contribution in [2.75, 3.05) is 20.6 Å². The van der Waals surface area contributed by atoms with Crippen molar-refractivity contribution >= 4 is 17.8 Å². The topological polar surface area (TPSA) is 35.9 Å². The second kappa shape index (κ2) is 6.36. The Morgan fingerprint density at radius 3 is 2.65 bits per heavy atom. The molecule has 4 nitrogen and oxygen atoms in total. The van der Waals surface area contributed by atoms with Crippen LogP contribution in [0.3, 0.4) is 0 Å². The highest BCUT2D eigenvalue weighted by Crippen LogP contribution is 2.27.